The maximum absolute atomic E-state index is 13.0. The van der Waals surface area contributed by atoms with Crippen molar-refractivity contribution in [2.75, 3.05) is 4.90 Å². The summed E-state index contributed by atoms with van der Waals surface area (Å²) in [7, 11) is 0. The molecular formula is C24H33ClN2O2. The van der Waals surface area contributed by atoms with E-state index in [0.29, 0.717) is 5.69 Å². The van der Waals surface area contributed by atoms with Gasteiger partial charge in [0.25, 0.3) is 11.8 Å². The van der Waals surface area contributed by atoms with Crippen LogP contribution in [0.3, 0.4) is 0 Å². The largest absolute Gasteiger partial charge is 0.376 e. The SMILES string of the molecule is CCc1ccc(N2C(=O)C(Cl)=C(NC3CCCCCCCCCCC3)C2=O)cc1. The molecule has 1 heterocycles. The second-order valence-corrected chi connectivity index (χ2v) is 8.63. The van der Waals surface area contributed by atoms with Gasteiger partial charge in [-0.3, -0.25) is 9.59 Å². The second kappa shape index (κ2) is 10.8. The monoisotopic (exact) mass is 416 g/mol. The molecule has 1 aromatic rings. The molecule has 1 aliphatic heterocycles. The van der Waals surface area contributed by atoms with Crippen molar-refractivity contribution >= 4 is 29.1 Å². The van der Waals surface area contributed by atoms with Crippen molar-refractivity contribution in [1.82, 2.24) is 5.32 Å². The van der Waals surface area contributed by atoms with Crippen LogP contribution in [0.2, 0.25) is 0 Å². The van der Waals surface area contributed by atoms with E-state index in [4.69, 9.17) is 11.6 Å². The van der Waals surface area contributed by atoms with E-state index in [1.807, 2.05) is 24.3 Å². The summed E-state index contributed by atoms with van der Waals surface area (Å²) in [5, 5.41) is 3.37. The highest BCUT2D eigenvalue weighted by atomic mass is 35.5. The summed E-state index contributed by atoms with van der Waals surface area (Å²) < 4.78 is 0. The second-order valence-electron chi connectivity index (χ2n) is 8.26. The minimum Gasteiger partial charge on any atom is -0.376 e. The normalized spacial score (nSPS) is 20.6. The van der Waals surface area contributed by atoms with Gasteiger partial charge in [-0.25, -0.2) is 4.90 Å². The Morgan fingerprint density at radius 2 is 1.38 bits per heavy atom. The average Bonchev–Trinajstić information content (AvgIpc) is 2.93. The fraction of sp³-hybridized carbons (Fsp3) is 0.583. The molecule has 0 unspecified atom stereocenters. The van der Waals surface area contributed by atoms with Crippen LogP contribution >= 0.6 is 11.6 Å². The Morgan fingerprint density at radius 1 is 0.862 bits per heavy atom. The number of nitrogens with zero attached hydrogens (tertiary/aromatic N) is 1. The molecule has 0 spiro atoms. The third-order valence-corrected chi connectivity index (χ3v) is 6.43. The molecular weight excluding hydrogens is 384 g/mol. The van der Waals surface area contributed by atoms with Crippen LogP contribution in [-0.2, 0) is 16.0 Å². The number of aryl methyl sites for hydroxylation is 1. The smallest absolute Gasteiger partial charge is 0.283 e. The van der Waals surface area contributed by atoms with Crippen molar-refractivity contribution in [1.29, 1.82) is 0 Å². The number of carbonyl (C=O) groups excluding carboxylic acids is 2. The molecule has 158 valence electrons. The standard InChI is InChI=1S/C24H33ClN2O2/c1-2-18-14-16-20(17-15-18)27-23(28)21(25)22(24(27)29)26-19-12-10-8-6-4-3-5-7-9-11-13-19/h14-17,19,26H,2-13H2,1H3. The fourth-order valence-electron chi connectivity index (χ4n) is 4.26. The van der Waals surface area contributed by atoms with Gasteiger partial charge >= 0.3 is 0 Å². The number of rotatable bonds is 4. The Kier molecular flexibility index (Phi) is 8.17. The first-order chi connectivity index (χ1) is 14.1. The molecule has 0 radical (unpaired) electrons. The first kappa shape index (κ1) is 21.9. The van der Waals surface area contributed by atoms with E-state index >= 15 is 0 Å². The molecule has 2 aliphatic rings. The summed E-state index contributed by atoms with van der Waals surface area (Å²) in [6.45, 7) is 2.07. The highest BCUT2D eigenvalue weighted by molar-refractivity contribution is 6.52. The molecule has 5 heteroatoms. The van der Waals surface area contributed by atoms with E-state index < -0.39 is 5.91 Å². The van der Waals surface area contributed by atoms with Gasteiger partial charge in [0, 0.05) is 6.04 Å². The van der Waals surface area contributed by atoms with E-state index in [-0.39, 0.29) is 22.7 Å². The summed E-state index contributed by atoms with van der Waals surface area (Å²) in [4.78, 5) is 26.9. The number of hydrogen-bond acceptors (Lipinski definition) is 3. The Balaban J connectivity index is 1.69. The minimum absolute atomic E-state index is 0.0145. The maximum Gasteiger partial charge on any atom is 0.283 e. The highest BCUT2D eigenvalue weighted by Gasteiger charge is 2.39. The van der Waals surface area contributed by atoms with Crippen LogP contribution in [0.1, 0.15) is 83.1 Å². The number of halogens is 1. The number of nitrogens with one attached hydrogen (secondary N) is 1. The van der Waals surface area contributed by atoms with Crippen LogP contribution in [0.25, 0.3) is 0 Å². The minimum atomic E-state index is -0.434. The topological polar surface area (TPSA) is 49.4 Å². The van der Waals surface area contributed by atoms with Gasteiger partial charge in [0.2, 0.25) is 0 Å². The van der Waals surface area contributed by atoms with Gasteiger partial charge in [-0.15, -0.1) is 0 Å². The lowest BCUT2D eigenvalue weighted by atomic mass is 9.98. The predicted molar refractivity (Wildman–Crippen MR) is 119 cm³/mol. The molecule has 2 amide bonds. The zero-order valence-corrected chi connectivity index (χ0v) is 18.3. The van der Waals surface area contributed by atoms with Crippen LogP contribution in [0.5, 0.6) is 0 Å². The Labute approximate surface area is 179 Å². The van der Waals surface area contributed by atoms with Crippen molar-refractivity contribution in [3.63, 3.8) is 0 Å². The Bertz CT molecular complexity index is 730. The molecule has 0 atom stereocenters. The van der Waals surface area contributed by atoms with Crippen molar-refractivity contribution in [3.05, 3.63) is 40.6 Å². The number of carbonyl (C=O) groups is 2. The number of anilines is 1. The van der Waals surface area contributed by atoms with Gasteiger partial charge in [-0.2, -0.15) is 0 Å². The quantitative estimate of drug-likeness (QED) is 0.627. The zero-order valence-electron chi connectivity index (χ0n) is 17.5. The molecule has 0 aromatic heterocycles. The molecule has 1 saturated carbocycles. The van der Waals surface area contributed by atoms with Gasteiger partial charge in [0.15, 0.2) is 0 Å². The molecule has 29 heavy (non-hydrogen) atoms. The lowest BCUT2D eigenvalue weighted by Gasteiger charge is -2.21. The maximum atomic E-state index is 13.0. The van der Waals surface area contributed by atoms with Gasteiger partial charge in [0.05, 0.1) is 5.69 Å². The van der Waals surface area contributed by atoms with E-state index in [1.54, 1.807) is 0 Å². The highest BCUT2D eigenvalue weighted by Crippen LogP contribution is 2.29. The molecule has 3 rings (SSSR count). The van der Waals surface area contributed by atoms with Crippen molar-refractivity contribution in [3.8, 4) is 0 Å². The molecule has 0 bridgehead atoms. The molecule has 4 nitrogen and oxygen atoms in total. The van der Waals surface area contributed by atoms with Crippen LogP contribution < -0.4 is 10.2 Å². The van der Waals surface area contributed by atoms with Crippen LogP contribution in [0.15, 0.2) is 35.0 Å². The average molecular weight is 417 g/mol. The lowest BCUT2D eigenvalue weighted by molar-refractivity contribution is -0.120. The van der Waals surface area contributed by atoms with Crippen molar-refractivity contribution in [2.45, 2.75) is 90.0 Å². The predicted octanol–water partition coefficient (Wildman–Crippen LogP) is 5.84. The van der Waals surface area contributed by atoms with E-state index in [9.17, 15) is 9.59 Å². The molecule has 1 N–H and O–H groups in total. The molecule has 1 fully saturated rings. The summed E-state index contributed by atoms with van der Waals surface area (Å²) >= 11 is 6.33. The summed E-state index contributed by atoms with van der Waals surface area (Å²) in [5.74, 6) is -0.771. The van der Waals surface area contributed by atoms with Crippen molar-refractivity contribution < 1.29 is 9.59 Å². The van der Waals surface area contributed by atoms with E-state index in [0.717, 1.165) is 32.1 Å². The van der Waals surface area contributed by atoms with Gasteiger partial charge in [-0.05, 0) is 37.0 Å². The first-order valence-corrected chi connectivity index (χ1v) is 11.6. The molecule has 1 aromatic carbocycles. The fourth-order valence-corrected chi connectivity index (χ4v) is 4.47. The summed E-state index contributed by atoms with van der Waals surface area (Å²) in [5.41, 5.74) is 2.01. The third kappa shape index (κ3) is 5.63. The Morgan fingerprint density at radius 3 is 1.90 bits per heavy atom. The van der Waals surface area contributed by atoms with E-state index in [1.165, 1.54) is 55.4 Å². The van der Waals surface area contributed by atoms with Crippen LogP contribution in [-0.4, -0.2) is 17.9 Å². The van der Waals surface area contributed by atoms with Gasteiger partial charge in [0.1, 0.15) is 10.7 Å². The van der Waals surface area contributed by atoms with Gasteiger partial charge < -0.3 is 5.32 Å². The van der Waals surface area contributed by atoms with Gasteiger partial charge in [-0.1, -0.05) is 88.4 Å². The number of imide groups is 1. The van der Waals surface area contributed by atoms with Crippen molar-refractivity contribution in [2.24, 2.45) is 0 Å². The van der Waals surface area contributed by atoms with Crippen LogP contribution in [0.4, 0.5) is 5.69 Å². The first-order valence-electron chi connectivity index (χ1n) is 11.3. The number of amides is 2. The molecule has 0 saturated heterocycles. The molecule has 1 aliphatic carbocycles. The number of hydrogen-bond donors (Lipinski definition) is 1. The number of benzene rings is 1. The summed E-state index contributed by atoms with van der Waals surface area (Å²) in [6.07, 6.45) is 14.3. The van der Waals surface area contributed by atoms with Crippen LogP contribution in [0, 0.1) is 0 Å². The third-order valence-electron chi connectivity index (χ3n) is 6.08. The summed E-state index contributed by atoms with van der Waals surface area (Å²) in [6, 6.07) is 7.72. The van der Waals surface area contributed by atoms with E-state index in [2.05, 4.69) is 12.2 Å². The lowest BCUT2D eigenvalue weighted by Crippen LogP contribution is -2.36. The Hall–Kier alpha value is -1.81. The zero-order chi connectivity index (χ0) is 20.6.